The molecule has 3 rings (SSSR count). The van der Waals surface area contributed by atoms with E-state index >= 15 is 0 Å². The molecule has 0 radical (unpaired) electrons. The molecular formula is C19H25FN4O. The van der Waals surface area contributed by atoms with E-state index in [0.29, 0.717) is 12.0 Å². The Morgan fingerprint density at radius 2 is 2.08 bits per heavy atom. The summed E-state index contributed by atoms with van der Waals surface area (Å²) in [6, 6.07) is 6.64. The van der Waals surface area contributed by atoms with Gasteiger partial charge in [0.2, 0.25) is 5.91 Å². The second-order valence-corrected chi connectivity index (χ2v) is 7.08. The van der Waals surface area contributed by atoms with Crippen LogP contribution in [0.3, 0.4) is 0 Å². The lowest BCUT2D eigenvalue weighted by Crippen LogP contribution is -2.39. The molecule has 25 heavy (non-hydrogen) atoms. The maximum absolute atomic E-state index is 13.2. The number of hydrogen-bond donors (Lipinski definition) is 0. The van der Waals surface area contributed by atoms with E-state index < -0.39 is 0 Å². The van der Waals surface area contributed by atoms with Gasteiger partial charge in [0.25, 0.3) is 0 Å². The second kappa shape index (κ2) is 7.76. The van der Waals surface area contributed by atoms with Crippen LogP contribution in [0, 0.1) is 11.7 Å². The van der Waals surface area contributed by atoms with Crippen LogP contribution < -0.4 is 0 Å². The van der Waals surface area contributed by atoms with Crippen LogP contribution in [-0.2, 0) is 17.6 Å². The van der Waals surface area contributed by atoms with Crippen LogP contribution in [0.4, 0.5) is 4.39 Å². The molecule has 2 heterocycles. The first-order valence-electron chi connectivity index (χ1n) is 8.93. The highest BCUT2D eigenvalue weighted by molar-refractivity contribution is 5.78. The van der Waals surface area contributed by atoms with Crippen molar-refractivity contribution in [2.45, 2.75) is 45.6 Å². The Balaban J connectivity index is 1.51. The number of hydrogen-bond acceptors (Lipinski definition) is 3. The zero-order chi connectivity index (χ0) is 17.8. The lowest BCUT2D eigenvalue weighted by molar-refractivity contribution is -0.131. The summed E-state index contributed by atoms with van der Waals surface area (Å²) in [5, 5.41) is 8.27. The zero-order valence-electron chi connectivity index (χ0n) is 14.9. The second-order valence-electron chi connectivity index (χ2n) is 7.08. The predicted molar refractivity (Wildman–Crippen MR) is 93.5 cm³/mol. The van der Waals surface area contributed by atoms with E-state index in [4.69, 9.17) is 0 Å². The first-order chi connectivity index (χ1) is 12.0. The van der Waals surface area contributed by atoms with Crippen molar-refractivity contribution < 1.29 is 9.18 Å². The van der Waals surface area contributed by atoms with Crippen LogP contribution in [-0.4, -0.2) is 38.7 Å². The SMILES string of the molecule is CC(C)n1cnnc1CC1CCN(C(=O)Cc2cccc(F)c2)CC1. The number of likely N-dealkylation sites (tertiary alicyclic amines) is 1. The van der Waals surface area contributed by atoms with E-state index in [0.717, 1.165) is 43.7 Å². The predicted octanol–water partition coefficient (Wildman–Crippen LogP) is 3.02. The van der Waals surface area contributed by atoms with Crippen LogP contribution in [0.15, 0.2) is 30.6 Å². The monoisotopic (exact) mass is 344 g/mol. The lowest BCUT2D eigenvalue weighted by Gasteiger charge is -2.32. The van der Waals surface area contributed by atoms with Gasteiger partial charge in [0, 0.05) is 25.6 Å². The molecule has 1 aromatic heterocycles. The third-order valence-electron chi connectivity index (χ3n) is 4.89. The Labute approximate surface area is 147 Å². The molecule has 134 valence electrons. The molecule has 0 unspecified atom stereocenters. The standard InChI is InChI=1S/C19H25FN4O/c1-14(2)24-13-21-22-18(24)11-15-6-8-23(9-7-15)19(25)12-16-4-3-5-17(20)10-16/h3-5,10,13-15H,6-9,11-12H2,1-2H3. The number of amides is 1. The van der Waals surface area contributed by atoms with Crippen molar-refractivity contribution in [3.8, 4) is 0 Å². The summed E-state index contributed by atoms with van der Waals surface area (Å²) in [4.78, 5) is 14.3. The van der Waals surface area contributed by atoms with Gasteiger partial charge in [-0.3, -0.25) is 4.79 Å². The van der Waals surface area contributed by atoms with Crippen LogP contribution in [0.1, 0.15) is 44.1 Å². The van der Waals surface area contributed by atoms with E-state index in [1.807, 2.05) is 4.90 Å². The van der Waals surface area contributed by atoms with Crippen molar-refractivity contribution >= 4 is 5.91 Å². The van der Waals surface area contributed by atoms with Gasteiger partial charge in [0.05, 0.1) is 6.42 Å². The van der Waals surface area contributed by atoms with Crippen LogP contribution in [0.25, 0.3) is 0 Å². The van der Waals surface area contributed by atoms with Gasteiger partial charge < -0.3 is 9.47 Å². The summed E-state index contributed by atoms with van der Waals surface area (Å²) >= 11 is 0. The van der Waals surface area contributed by atoms with E-state index in [-0.39, 0.29) is 18.1 Å². The molecule has 0 spiro atoms. The fourth-order valence-electron chi connectivity index (χ4n) is 3.42. The largest absolute Gasteiger partial charge is 0.342 e. The minimum absolute atomic E-state index is 0.0781. The summed E-state index contributed by atoms with van der Waals surface area (Å²) in [6.07, 6.45) is 4.91. The highest BCUT2D eigenvalue weighted by Gasteiger charge is 2.24. The maximum Gasteiger partial charge on any atom is 0.226 e. The number of rotatable bonds is 5. The van der Waals surface area contributed by atoms with Gasteiger partial charge >= 0.3 is 0 Å². The normalized spacial score (nSPS) is 15.8. The first kappa shape index (κ1) is 17.6. The van der Waals surface area contributed by atoms with Gasteiger partial charge in [-0.25, -0.2) is 4.39 Å². The Morgan fingerprint density at radius 3 is 2.76 bits per heavy atom. The number of carbonyl (C=O) groups excluding carboxylic acids is 1. The molecule has 1 fully saturated rings. The maximum atomic E-state index is 13.2. The number of halogens is 1. The third-order valence-corrected chi connectivity index (χ3v) is 4.89. The fraction of sp³-hybridized carbons (Fsp3) is 0.526. The molecule has 2 aromatic rings. The van der Waals surface area contributed by atoms with Gasteiger partial charge in [0.1, 0.15) is 18.0 Å². The number of piperidine rings is 1. The van der Waals surface area contributed by atoms with Crippen LogP contribution in [0.5, 0.6) is 0 Å². The summed E-state index contributed by atoms with van der Waals surface area (Å²) in [6.45, 7) is 5.77. The fourth-order valence-corrected chi connectivity index (χ4v) is 3.42. The smallest absolute Gasteiger partial charge is 0.226 e. The molecule has 1 amide bonds. The molecule has 0 atom stereocenters. The van der Waals surface area contributed by atoms with Crippen molar-refractivity contribution in [2.75, 3.05) is 13.1 Å². The Morgan fingerprint density at radius 1 is 1.32 bits per heavy atom. The molecule has 0 aliphatic carbocycles. The molecule has 0 N–H and O–H groups in total. The molecule has 1 aliphatic rings. The van der Waals surface area contributed by atoms with Crippen molar-refractivity contribution in [2.24, 2.45) is 5.92 Å². The van der Waals surface area contributed by atoms with Gasteiger partial charge in [-0.05, 0) is 50.3 Å². The van der Waals surface area contributed by atoms with E-state index in [1.54, 1.807) is 18.5 Å². The topological polar surface area (TPSA) is 51.0 Å². The van der Waals surface area contributed by atoms with Crippen molar-refractivity contribution in [1.29, 1.82) is 0 Å². The van der Waals surface area contributed by atoms with Gasteiger partial charge in [-0.1, -0.05) is 12.1 Å². The quantitative estimate of drug-likeness (QED) is 0.838. The number of benzene rings is 1. The van der Waals surface area contributed by atoms with Gasteiger partial charge in [-0.15, -0.1) is 10.2 Å². The molecule has 0 saturated carbocycles. The average molecular weight is 344 g/mol. The van der Waals surface area contributed by atoms with Gasteiger partial charge in [0.15, 0.2) is 0 Å². The molecule has 5 nitrogen and oxygen atoms in total. The van der Waals surface area contributed by atoms with Crippen LogP contribution >= 0.6 is 0 Å². The van der Waals surface area contributed by atoms with Crippen molar-refractivity contribution in [3.63, 3.8) is 0 Å². The molecule has 1 aliphatic heterocycles. The van der Waals surface area contributed by atoms with Crippen molar-refractivity contribution in [3.05, 3.63) is 47.8 Å². The summed E-state index contributed by atoms with van der Waals surface area (Å²) in [5.74, 6) is 1.34. The Kier molecular flexibility index (Phi) is 5.46. The number of carbonyl (C=O) groups is 1. The lowest BCUT2D eigenvalue weighted by atomic mass is 9.92. The molecule has 1 aromatic carbocycles. The summed E-state index contributed by atoms with van der Waals surface area (Å²) in [5.41, 5.74) is 0.733. The number of nitrogens with zero attached hydrogens (tertiary/aromatic N) is 4. The van der Waals surface area contributed by atoms with Crippen molar-refractivity contribution in [1.82, 2.24) is 19.7 Å². The Bertz CT molecular complexity index is 720. The number of aromatic nitrogens is 3. The van der Waals surface area contributed by atoms with E-state index in [2.05, 4.69) is 28.6 Å². The highest BCUT2D eigenvalue weighted by Crippen LogP contribution is 2.22. The minimum Gasteiger partial charge on any atom is -0.342 e. The first-order valence-corrected chi connectivity index (χ1v) is 8.93. The van der Waals surface area contributed by atoms with Gasteiger partial charge in [-0.2, -0.15) is 0 Å². The van der Waals surface area contributed by atoms with Crippen LogP contribution in [0.2, 0.25) is 0 Å². The van der Waals surface area contributed by atoms with E-state index in [1.165, 1.54) is 12.1 Å². The summed E-state index contributed by atoms with van der Waals surface area (Å²) < 4.78 is 15.4. The minimum atomic E-state index is -0.293. The zero-order valence-corrected chi connectivity index (χ0v) is 14.9. The molecular weight excluding hydrogens is 319 g/mol. The molecule has 1 saturated heterocycles. The summed E-state index contributed by atoms with van der Waals surface area (Å²) in [7, 11) is 0. The highest BCUT2D eigenvalue weighted by atomic mass is 19.1. The average Bonchev–Trinajstić information content (AvgIpc) is 3.04. The molecule has 6 heteroatoms. The molecule has 0 bridgehead atoms. The Hall–Kier alpha value is -2.24. The van der Waals surface area contributed by atoms with E-state index in [9.17, 15) is 9.18 Å². The third kappa shape index (κ3) is 4.44.